The Kier molecular flexibility index (Phi) is 4.48. The van der Waals surface area contributed by atoms with Crippen LogP contribution in [-0.4, -0.2) is 58.4 Å². The number of rotatable bonds is 3. The zero-order valence-electron chi connectivity index (χ0n) is 11.0. The van der Waals surface area contributed by atoms with E-state index in [1.54, 1.807) is 6.92 Å². The van der Waals surface area contributed by atoms with Crippen molar-refractivity contribution in [2.24, 2.45) is 0 Å². The first kappa shape index (κ1) is 15.0. The monoisotopic (exact) mass is 316 g/mol. The van der Waals surface area contributed by atoms with Gasteiger partial charge in [-0.1, -0.05) is 6.92 Å². The largest absolute Gasteiger partial charge is 0.382 e. The number of carbonyl (C=O) groups excluding carboxylic acids is 1. The van der Waals surface area contributed by atoms with E-state index in [4.69, 9.17) is 5.73 Å². The number of sulfone groups is 1. The van der Waals surface area contributed by atoms with E-state index in [1.807, 2.05) is 0 Å². The third-order valence-electron chi connectivity index (χ3n) is 3.03. The average Bonchev–Trinajstić information content (AvgIpc) is 2.46. The number of hydrogen-bond donors (Lipinski definition) is 1. The van der Waals surface area contributed by atoms with Gasteiger partial charge in [-0.25, -0.2) is 13.4 Å². The van der Waals surface area contributed by atoms with Crippen molar-refractivity contribution >= 4 is 33.3 Å². The lowest BCUT2D eigenvalue weighted by molar-refractivity contribution is 0.0743. The fourth-order valence-corrected chi connectivity index (χ4v) is 4.90. The van der Waals surface area contributed by atoms with E-state index in [0.717, 1.165) is 0 Å². The van der Waals surface area contributed by atoms with E-state index in [-0.39, 0.29) is 17.3 Å². The third kappa shape index (κ3) is 3.04. The number of thioether (sulfide) groups is 1. The first-order valence-electron chi connectivity index (χ1n) is 6.13. The quantitative estimate of drug-likeness (QED) is 0.837. The SMILES string of the molecule is CCS(=O)(=O)C1CSCCN1C(=O)c1cncc(N)n1. The van der Waals surface area contributed by atoms with Gasteiger partial charge < -0.3 is 10.6 Å². The van der Waals surface area contributed by atoms with Gasteiger partial charge in [0.25, 0.3) is 5.91 Å². The van der Waals surface area contributed by atoms with E-state index in [1.165, 1.54) is 29.1 Å². The summed E-state index contributed by atoms with van der Waals surface area (Å²) in [6.45, 7) is 1.96. The highest BCUT2D eigenvalue weighted by Gasteiger charge is 2.36. The minimum absolute atomic E-state index is 0.00458. The van der Waals surface area contributed by atoms with Crippen LogP contribution >= 0.6 is 11.8 Å². The molecular weight excluding hydrogens is 300 g/mol. The van der Waals surface area contributed by atoms with Gasteiger partial charge in [-0.3, -0.25) is 9.78 Å². The number of amides is 1. The normalized spacial score (nSPS) is 19.9. The number of nitrogens with two attached hydrogens (primary N) is 1. The molecule has 7 nitrogen and oxygen atoms in total. The summed E-state index contributed by atoms with van der Waals surface area (Å²) in [5.74, 6) is 0.795. The Morgan fingerprint density at radius 1 is 1.55 bits per heavy atom. The molecule has 1 aliphatic rings. The van der Waals surface area contributed by atoms with Crippen LogP contribution in [0.4, 0.5) is 5.82 Å². The maximum Gasteiger partial charge on any atom is 0.275 e. The number of hydrogen-bond acceptors (Lipinski definition) is 7. The molecule has 1 atom stereocenters. The van der Waals surface area contributed by atoms with Gasteiger partial charge in [-0.2, -0.15) is 11.8 Å². The van der Waals surface area contributed by atoms with Crippen LogP contribution in [0.5, 0.6) is 0 Å². The summed E-state index contributed by atoms with van der Waals surface area (Å²) in [6, 6.07) is 0. The second kappa shape index (κ2) is 5.96. The molecule has 0 spiro atoms. The van der Waals surface area contributed by atoms with Gasteiger partial charge in [-0.05, 0) is 0 Å². The predicted molar refractivity (Wildman–Crippen MR) is 78.1 cm³/mol. The minimum atomic E-state index is -3.33. The maximum atomic E-state index is 12.4. The number of nitrogen functional groups attached to an aromatic ring is 1. The molecule has 20 heavy (non-hydrogen) atoms. The fraction of sp³-hybridized carbons (Fsp3) is 0.545. The number of aromatic nitrogens is 2. The second-order valence-electron chi connectivity index (χ2n) is 4.31. The maximum absolute atomic E-state index is 12.4. The summed E-state index contributed by atoms with van der Waals surface area (Å²) < 4.78 is 24.2. The molecule has 1 aromatic heterocycles. The molecule has 1 aromatic rings. The highest BCUT2D eigenvalue weighted by Crippen LogP contribution is 2.23. The Morgan fingerprint density at radius 2 is 2.30 bits per heavy atom. The summed E-state index contributed by atoms with van der Waals surface area (Å²) in [7, 11) is -3.33. The van der Waals surface area contributed by atoms with Gasteiger partial charge in [-0.15, -0.1) is 0 Å². The van der Waals surface area contributed by atoms with Crippen LogP contribution in [0.15, 0.2) is 12.4 Å². The van der Waals surface area contributed by atoms with Crippen LogP contribution in [0, 0.1) is 0 Å². The average molecular weight is 316 g/mol. The molecule has 0 saturated carbocycles. The molecule has 2 heterocycles. The van der Waals surface area contributed by atoms with Gasteiger partial charge in [0.2, 0.25) is 0 Å². The van der Waals surface area contributed by atoms with Gasteiger partial charge in [0, 0.05) is 23.8 Å². The lowest BCUT2D eigenvalue weighted by Gasteiger charge is -2.34. The first-order valence-corrected chi connectivity index (χ1v) is 9.00. The van der Waals surface area contributed by atoms with Crippen molar-refractivity contribution in [2.45, 2.75) is 12.3 Å². The van der Waals surface area contributed by atoms with Crippen molar-refractivity contribution in [3.63, 3.8) is 0 Å². The van der Waals surface area contributed by atoms with Crippen molar-refractivity contribution < 1.29 is 13.2 Å². The molecule has 1 aliphatic heterocycles. The Hall–Kier alpha value is -1.35. The van der Waals surface area contributed by atoms with Crippen molar-refractivity contribution in [1.29, 1.82) is 0 Å². The Labute approximate surface area is 121 Å². The molecule has 2 rings (SSSR count). The van der Waals surface area contributed by atoms with Crippen molar-refractivity contribution in [3.05, 3.63) is 18.1 Å². The summed E-state index contributed by atoms with van der Waals surface area (Å²) >= 11 is 1.53. The Balaban J connectivity index is 2.31. The van der Waals surface area contributed by atoms with Crippen LogP contribution in [0.3, 0.4) is 0 Å². The lowest BCUT2D eigenvalue weighted by Crippen LogP contribution is -2.50. The topological polar surface area (TPSA) is 106 Å². The van der Waals surface area contributed by atoms with Crippen molar-refractivity contribution in [2.75, 3.05) is 29.5 Å². The lowest BCUT2D eigenvalue weighted by atomic mass is 10.3. The van der Waals surface area contributed by atoms with E-state index in [0.29, 0.717) is 18.1 Å². The summed E-state index contributed by atoms with van der Waals surface area (Å²) in [4.78, 5) is 21.5. The number of nitrogens with zero attached hydrogens (tertiary/aromatic N) is 3. The molecule has 1 amide bonds. The zero-order valence-corrected chi connectivity index (χ0v) is 12.7. The standard InChI is InChI=1S/C11H16N4O3S2/c1-2-20(17,18)10-7-19-4-3-15(10)11(16)8-5-13-6-9(12)14-8/h5-6,10H,2-4,7H2,1H3,(H2,12,14). The molecule has 1 unspecified atom stereocenters. The molecule has 0 radical (unpaired) electrons. The van der Waals surface area contributed by atoms with Crippen molar-refractivity contribution in [1.82, 2.24) is 14.9 Å². The van der Waals surface area contributed by atoms with E-state index >= 15 is 0 Å². The minimum Gasteiger partial charge on any atom is -0.382 e. The highest BCUT2D eigenvalue weighted by atomic mass is 32.2. The van der Waals surface area contributed by atoms with E-state index in [2.05, 4.69) is 9.97 Å². The summed E-state index contributed by atoms with van der Waals surface area (Å²) in [5.41, 5.74) is 5.58. The molecule has 0 aromatic carbocycles. The first-order chi connectivity index (χ1) is 9.45. The molecule has 0 aliphatic carbocycles. The second-order valence-corrected chi connectivity index (χ2v) is 7.91. The van der Waals surface area contributed by atoms with Gasteiger partial charge in [0.1, 0.15) is 16.9 Å². The Bertz CT molecular complexity index is 605. The van der Waals surface area contributed by atoms with E-state index < -0.39 is 21.1 Å². The summed E-state index contributed by atoms with van der Waals surface area (Å²) in [6.07, 6.45) is 2.64. The van der Waals surface area contributed by atoms with E-state index in [9.17, 15) is 13.2 Å². The molecular formula is C11H16N4O3S2. The van der Waals surface area contributed by atoms with Crippen LogP contribution in [0.2, 0.25) is 0 Å². The van der Waals surface area contributed by atoms with Crippen LogP contribution in [0.25, 0.3) is 0 Å². The molecule has 110 valence electrons. The summed E-state index contributed by atoms with van der Waals surface area (Å²) in [5, 5.41) is -0.804. The van der Waals surface area contributed by atoms with Crippen molar-refractivity contribution in [3.8, 4) is 0 Å². The van der Waals surface area contributed by atoms with Gasteiger partial charge in [0.15, 0.2) is 9.84 Å². The number of carbonyl (C=O) groups is 1. The molecule has 2 N–H and O–H groups in total. The Morgan fingerprint density at radius 3 is 2.95 bits per heavy atom. The molecule has 1 fully saturated rings. The third-order valence-corrected chi connectivity index (χ3v) is 6.32. The fourth-order valence-electron chi connectivity index (χ4n) is 1.93. The number of anilines is 1. The molecule has 1 saturated heterocycles. The smallest absolute Gasteiger partial charge is 0.275 e. The van der Waals surface area contributed by atoms with Gasteiger partial charge in [0.05, 0.1) is 12.4 Å². The van der Waals surface area contributed by atoms with Crippen LogP contribution in [-0.2, 0) is 9.84 Å². The van der Waals surface area contributed by atoms with Crippen LogP contribution in [0.1, 0.15) is 17.4 Å². The highest BCUT2D eigenvalue weighted by molar-refractivity contribution is 8.01. The molecule has 9 heteroatoms. The molecule has 0 bridgehead atoms. The van der Waals surface area contributed by atoms with Crippen LogP contribution < -0.4 is 5.73 Å². The van der Waals surface area contributed by atoms with Gasteiger partial charge >= 0.3 is 0 Å². The zero-order chi connectivity index (χ0) is 14.8. The predicted octanol–water partition coefficient (Wildman–Crippen LogP) is 0.00860.